The van der Waals surface area contributed by atoms with Crippen LogP contribution in [-0.2, 0) is 17.9 Å². The van der Waals surface area contributed by atoms with Crippen LogP contribution < -0.4 is 0 Å². The van der Waals surface area contributed by atoms with Crippen LogP contribution in [0.4, 0.5) is 0 Å². The molecular formula is C23H29IN4O. The smallest absolute Gasteiger partial charge is 0.225 e. The largest absolute Gasteiger partial charge is 0.340 e. The molecule has 1 aromatic heterocycles. The van der Waals surface area contributed by atoms with E-state index in [0.717, 1.165) is 65.2 Å². The molecule has 6 heteroatoms. The van der Waals surface area contributed by atoms with E-state index in [1.807, 2.05) is 12.4 Å². The number of pyridine rings is 1. The number of piperazine rings is 1. The molecule has 0 bridgehead atoms. The Hall–Kier alpha value is -1.51. The molecule has 154 valence electrons. The van der Waals surface area contributed by atoms with Crippen LogP contribution in [0, 0.1) is 9.49 Å². The summed E-state index contributed by atoms with van der Waals surface area (Å²) in [5.41, 5.74) is 2.68. The van der Waals surface area contributed by atoms with Crippen LogP contribution in [0.2, 0.25) is 0 Å². The number of piperidine rings is 1. The van der Waals surface area contributed by atoms with Crippen molar-refractivity contribution in [2.45, 2.75) is 25.9 Å². The third-order valence-electron chi connectivity index (χ3n) is 6.13. The summed E-state index contributed by atoms with van der Waals surface area (Å²) in [5, 5.41) is 0. The zero-order valence-electron chi connectivity index (χ0n) is 16.8. The third kappa shape index (κ3) is 5.55. The maximum absolute atomic E-state index is 13.0. The highest BCUT2D eigenvalue weighted by molar-refractivity contribution is 14.1. The Morgan fingerprint density at radius 1 is 0.897 bits per heavy atom. The second kappa shape index (κ2) is 10.00. The van der Waals surface area contributed by atoms with Crippen LogP contribution in [-0.4, -0.2) is 64.9 Å². The lowest BCUT2D eigenvalue weighted by molar-refractivity contribution is -0.139. The second-order valence-electron chi connectivity index (χ2n) is 8.10. The summed E-state index contributed by atoms with van der Waals surface area (Å²) in [6, 6.07) is 12.7. The van der Waals surface area contributed by atoms with Crippen molar-refractivity contribution in [1.82, 2.24) is 19.7 Å². The van der Waals surface area contributed by atoms with Crippen LogP contribution in [0.15, 0.2) is 48.8 Å². The van der Waals surface area contributed by atoms with E-state index in [1.165, 1.54) is 14.7 Å². The maximum Gasteiger partial charge on any atom is 0.225 e. The van der Waals surface area contributed by atoms with Gasteiger partial charge < -0.3 is 4.90 Å². The summed E-state index contributed by atoms with van der Waals surface area (Å²) in [7, 11) is 0. The number of nitrogens with zero attached hydrogens (tertiary/aromatic N) is 4. The zero-order chi connectivity index (χ0) is 20.1. The minimum atomic E-state index is 0.199. The molecule has 1 aromatic carbocycles. The molecule has 1 amide bonds. The number of carbonyl (C=O) groups is 1. The molecule has 4 rings (SSSR count). The van der Waals surface area contributed by atoms with E-state index in [2.05, 4.69) is 78.7 Å². The fourth-order valence-corrected chi connectivity index (χ4v) is 4.89. The summed E-state index contributed by atoms with van der Waals surface area (Å²) in [4.78, 5) is 24.1. The Kier molecular flexibility index (Phi) is 7.15. The van der Waals surface area contributed by atoms with E-state index in [0.29, 0.717) is 5.91 Å². The summed E-state index contributed by atoms with van der Waals surface area (Å²) >= 11 is 2.41. The zero-order valence-corrected chi connectivity index (χ0v) is 19.0. The van der Waals surface area contributed by atoms with Gasteiger partial charge in [0.15, 0.2) is 0 Å². The van der Waals surface area contributed by atoms with E-state index >= 15 is 0 Å². The molecule has 0 radical (unpaired) electrons. The molecule has 3 heterocycles. The number of carbonyl (C=O) groups excluding carboxylic acids is 1. The molecule has 0 unspecified atom stereocenters. The minimum Gasteiger partial charge on any atom is -0.340 e. The van der Waals surface area contributed by atoms with Crippen LogP contribution in [0.1, 0.15) is 24.0 Å². The van der Waals surface area contributed by atoms with Crippen LogP contribution in [0.25, 0.3) is 0 Å². The van der Waals surface area contributed by atoms with E-state index in [-0.39, 0.29) is 5.92 Å². The quantitative estimate of drug-likeness (QED) is 0.587. The molecule has 2 fully saturated rings. The molecule has 2 saturated heterocycles. The van der Waals surface area contributed by atoms with Crippen molar-refractivity contribution < 1.29 is 4.79 Å². The fourth-order valence-electron chi connectivity index (χ4n) is 4.34. The summed E-state index contributed by atoms with van der Waals surface area (Å²) in [6.45, 7) is 7.61. The van der Waals surface area contributed by atoms with Gasteiger partial charge in [-0.3, -0.25) is 19.6 Å². The number of benzene rings is 1. The van der Waals surface area contributed by atoms with Gasteiger partial charge in [-0.05, 0) is 77.8 Å². The Morgan fingerprint density at radius 3 is 2.24 bits per heavy atom. The van der Waals surface area contributed by atoms with Crippen LogP contribution in [0.5, 0.6) is 0 Å². The topological polar surface area (TPSA) is 39.7 Å². The number of hydrogen-bond acceptors (Lipinski definition) is 4. The van der Waals surface area contributed by atoms with E-state index < -0.39 is 0 Å². The SMILES string of the molecule is O=C(C1CCN(Cc2ccncc2)CC1)N1CCN(Cc2ccccc2I)CC1. The van der Waals surface area contributed by atoms with Gasteiger partial charge >= 0.3 is 0 Å². The van der Waals surface area contributed by atoms with Gasteiger partial charge in [0.05, 0.1) is 0 Å². The van der Waals surface area contributed by atoms with E-state index in [1.54, 1.807) is 0 Å². The van der Waals surface area contributed by atoms with E-state index in [4.69, 9.17) is 0 Å². The van der Waals surface area contributed by atoms with Crippen LogP contribution in [0.3, 0.4) is 0 Å². The average molecular weight is 504 g/mol. The predicted octanol–water partition coefficient (Wildman–Crippen LogP) is 3.24. The minimum absolute atomic E-state index is 0.199. The third-order valence-corrected chi connectivity index (χ3v) is 7.18. The van der Waals surface area contributed by atoms with Crippen molar-refractivity contribution in [3.8, 4) is 0 Å². The standard InChI is InChI=1S/C23H29IN4O/c24-22-4-2-1-3-21(22)18-27-13-15-28(16-14-27)23(29)20-7-11-26(12-8-20)17-19-5-9-25-10-6-19/h1-6,9-10,20H,7-8,11-18H2. The lowest BCUT2D eigenvalue weighted by Gasteiger charge is -2.38. The highest BCUT2D eigenvalue weighted by atomic mass is 127. The van der Waals surface area contributed by atoms with Gasteiger partial charge in [-0.1, -0.05) is 18.2 Å². The molecule has 0 aliphatic carbocycles. The first kappa shape index (κ1) is 20.8. The second-order valence-corrected chi connectivity index (χ2v) is 9.26. The number of aromatic nitrogens is 1. The Labute approximate surface area is 187 Å². The van der Waals surface area contributed by atoms with Crippen molar-refractivity contribution in [3.05, 3.63) is 63.5 Å². The van der Waals surface area contributed by atoms with Gasteiger partial charge in [-0.25, -0.2) is 0 Å². The number of likely N-dealkylation sites (tertiary alicyclic amines) is 1. The maximum atomic E-state index is 13.0. The number of hydrogen-bond donors (Lipinski definition) is 0. The number of rotatable bonds is 5. The van der Waals surface area contributed by atoms with E-state index in [9.17, 15) is 4.79 Å². The lowest BCUT2D eigenvalue weighted by atomic mass is 9.94. The van der Waals surface area contributed by atoms with Gasteiger partial charge in [-0.15, -0.1) is 0 Å². The number of amides is 1. The summed E-state index contributed by atoms with van der Waals surface area (Å²) in [6.07, 6.45) is 5.66. The van der Waals surface area contributed by atoms with Gasteiger partial charge in [0, 0.05) is 61.2 Å². The summed E-state index contributed by atoms with van der Waals surface area (Å²) in [5.74, 6) is 0.577. The molecule has 5 nitrogen and oxygen atoms in total. The number of halogens is 1. The fraction of sp³-hybridized carbons (Fsp3) is 0.478. The first-order valence-electron chi connectivity index (χ1n) is 10.5. The molecular weight excluding hydrogens is 475 g/mol. The van der Waals surface area contributed by atoms with Crippen molar-refractivity contribution in [2.75, 3.05) is 39.3 Å². The molecule has 0 N–H and O–H groups in total. The van der Waals surface area contributed by atoms with Crippen molar-refractivity contribution in [1.29, 1.82) is 0 Å². The molecule has 0 saturated carbocycles. The highest BCUT2D eigenvalue weighted by Gasteiger charge is 2.30. The highest BCUT2D eigenvalue weighted by Crippen LogP contribution is 2.22. The molecule has 2 aliphatic heterocycles. The molecule has 2 aromatic rings. The Balaban J connectivity index is 1.21. The van der Waals surface area contributed by atoms with Gasteiger partial charge in [0.25, 0.3) is 0 Å². The van der Waals surface area contributed by atoms with Crippen molar-refractivity contribution in [3.63, 3.8) is 0 Å². The molecule has 29 heavy (non-hydrogen) atoms. The summed E-state index contributed by atoms with van der Waals surface area (Å²) < 4.78 is 1.32. The predicted molar refractivity (Wildman–Crippen MR) is 123 cm³/mol. The van der Waals surface area contributed by atoms with Gasteiger partial charge in [-0.2, -0.15) is 0 Å². The molecule has 0 atom stereocenters. The first-order valence-corrected chi connectivity index (χ1v) is 11.6. The van der Waals surface area contributed by atoms with Crippen molar-refractivity contribution >= 4 is 28.5 Å². The molecule has 0 spiro atoms. The van der Waals surface area contributed by atoms with Crippen LogP contribution >= 0.6 is 22.6 Å². The normalized spacial score (nSPS) is 19.4. The monoisotopic (exact) mass is 504 g/mol. The Morgan fingerprint density at radius 2 is 1.55 bits per heavy atom. The van der Waals surface area contributed by atoms with Gasteiger partial charge in [0.1, 0.15) is 0 Å². The molecule has 2 aliphatic rings. The lowest BCUT2D eigenvalue weighted by Crippen LogP contribution is -2.51. The van der Waals surface area contributed by atoms with Crippen molar-refractivity contribution in [2.24, 2.45) is 5.92 Å². The Bertz CT molecular complexity index is 800. The average Bonchev–Trinajstić information content (AvgIpc) is 2.77. The first-order chi connectivity index (χ1) is 14.2. The van der Waals surface area contributed by atoms with Gasteiger partial charge in [0.2, 0.25) is 5.91 Å².